The average Bonchev–Trinajstić information content (AvgIpc) is 2.66. The van der Waals surface area contributed by atoms with E-state index in [2.05, 4.69) is 15.5 Å². The molecule has 0 saturated heterocycles. The van der Waals surface area contributed by atoms with Crippen molar-refractivity contribution in [2.75, 3.05) is 0 Å². The van der Waals surface area contributed by atoms with E-state index in [1.165, 1.54) is 11.5 Å². The molecule has 0 radical (unpaired) electrons. The average molecular weight is 224 g/mol. The molecular formula is C11H16N2OS. The van der Waals surface area contributed by atoms with Crippen molar-refractivity contribution in [1.29, 1.82) is 0 Å². The Morgan fingerprint density at radius 3 is 2.87 bits per heavy atom. The van der Waals surface area contributed by atoms with Gasteiger partial charge in [0.1, 0.15) is 0 Å². The molecule has 1 N–H and O–H groups in total. The zero-order chi connectivity index (χ0) is 11.3. The number of hydrogen-bond acceptors (Lipinski definition) is 4. The molecule has 1 unspecified atom stereocenters. The van der Waals surface area contributed by atoms with Crippen LogP contribution in [0, 0.1) is 12.3 Å². The summed E-state index contributed by atoms with van der Waals surface area (Å²) in [6.45, 7) is 4.10. The summed E-state index contributed by atoms with van der Waals surface area (Å²) in [5.41, 5.74) is 0.910. The molecule has 0 aliphatic rings. The van der Waals surface area contributed by atoms with Crippen molar-refractivity contribution in [2.24, 2.45) is 0 Å². The van der Waals surface area contributed by atoms with Gasteiger partial charge < -0.3 is 5.11 Å². The maximum atomic E-state index is 9.93. The van der Waals surface area contributed by atoms with Gasteiger partial charge in [0.25, 0.3) is 0 Å². The number of aromatic nitrogens is 2. The van der Waals surface area contributed by atoms with Crippen LogP contribution in [0.2, 0.25) is 0 Å². The van der Waals surface area contributed by atoms with Crippen LogP contribution in [0.25, 0.3) is 0 Å². The summed E-state index contributed by atoms with van der Waals surface area (Å²) in [5.74, 6) is 2.87. The number of nitrogens with zero attached hydrogens (tertiary/aromatic N) is 2. The van der Waals surface area contributed by atoms with Crippen molar-refractivity contribution in [3.63, 3.8) is 0 Å². The van der Waals surface area contributed by atoms with Gasteiger partial charge in [0.2, 0.25) is 0 Å². The van der Waals surface area contributed by atoms with Crippen molar-refractivity contribution in [3.05, 3.63) is 10.6 Å². The minimum absolute atomic E-state index is 0.307. The lowest BCUT2D eigenvalue weighted by atomic mass is 10.0. The highest BCUT2D eigenvalue weighted by atomic mass is 32.1. The number of aliphatic hydroxyl groups excluding tert-OH is 1. The Balaban J connectivity index is 2.61. The van der Waals surface area contributed by atoms with Crippen molar-refractivity contribution in [1.82, 2.24) is 9.59 Å². The van der Waals surface area contributed by atoms with Crippen LogP contribution >= 0.6 is 11.5 Å². The molecule has 82 valence electrons. The largest absolute Gasteiger partial charge is 0.387 e. The topological polar surface area (TPSA) is 46.0 Å². The van der Waals surface area contributed by atoms with Crippen LogP contribution in [-0.4, -0.2) is 14.7 Å². The van der Waals surface area contributed by atoms with Gasteiger partial charge in [-0.2, -0.15) is 0 Å². The quantitative estimate of drug-likeness (QED) is 0.617. The first kappa shape index (κ1) is 12.2. The van der Waals surface area contributed by atoms with E-state index in [9.17, 15) is 5.11 Å². The fourth-order valence-corrected chi connectivity index (χ4v) is 2.19. The normalized spacial score (nSPS) is 12.7. The summed E-state index contributed by atoms with van der Waals surface area (Å²) in [4.78, 5) is 0.891. The summed E-state index contributed by atoms with van der Waals surface area (Å²) >= 11 is 1.28. The zero-order valence-corrected chi connectivity index (χ0v) is 9.92. The third-order valence-electron chi connectivity index (χ3n) is 2.19. The van der Waals surface area contributed by atoms with E-state index in [-0.39, 0.29) is 0 Å². The second-order valence-corrected chi connectivity index (χ2v) is 4.57. The molecule has 0 bridgehead atoms. The van der Waals surface area contributed by atoms with Crippen LogP contribution in [0.1, 0.15) is 55.7 Å². The Morgan fingerprint density at radius 1 is 1.53 bits per heavy atom. The van der Waals surface area contributed by atoms with Gasteiger partial charge in [0.15, 0.2) is 0 Å². The third kappa shape index (κ3) is 3.29. The van der Waals surface area contributed by atoms with E-state index in [1.54, 1.807) is 0 Å². The van der Waals surface area contributed by atoms with Gasteiger partial charge in [-0.15, -0.1) is 17.4 Å². The van der Waals surface area contributed by atoms with Crippen molar-refractivity contribution < 1.29 is 5.11 Å². The Kier molecular flexibility index (Phi) is 4.73. The summed E-state index contributed by atoms with van der Waals surface area (Å²) < 4.78 is 3.88. The van der Waals surface area contributed by atoms with E-state index < -0.39 is 6.10 Å². The Bertz CT molecular complexity index is 341. The number of unbranched alkanes of at least 4 members (excludes halogenated alkanes) is 1. The SMILES string of the molecule is C#CCCCC(O)c1snnc1C(C)C. The number of rotatable bonds is 5. The Hall–Kier alpha value is -0.920. The maximum absolute atomic E-state index is 9.93. The van der Waals surface area contributed by atoms with Crippen LogP contribution in [0.4, 0.5) is 0 Å². The predicted octanol–water partition coefficient (Wildman–Crippen LogP) is 2.50. The first-order chi connectivity index (χ1) is 7.16. The van der Waals surface area contributed by atoms with Gasteiger partial charge >= 0.3 is 0 Å². The molecule has 1 heterocycles. The van der Waals surface area contributed by atoms with E-state index in [1.807, 2.05) is 13.8 Å². The number of terminal acetylenes is 1. The third-order valence-corrected chi connectivity index (χ3v) is 3.03. The first-order valence-electron chi connectivity index (χ1n) is 5.10. The summed E-state index contributed by atoms with van der Waals surface area (Å²) in [5, 5.41) is 14.0. The molecule has 0 aliphatic heterocycles. The first-order valence-corrected chi connectivity index (χ1v) is 5.87. The van der Waals surface area contributed by atoms with Gasteiger partial charge in [-0.1, -0.05) is 18.3 Å². The highest BCUT2D eigenvalue weighted by Gasteiger charge is 2.18. The molecule has 1 rings (SSSR count). The molecule has 0 spiro atoms. The smallest absolute Gasteiger partial charge is 0.0917 e. The van der Waals surface area contributed by atoms with Crippen LogP contribution in [0.5, 0.6) is 0 Å². The second-order valence-electron chi connectivity index (χ2n) is 3.79. The fraction of sp³-hybridized carbons (Fsp3) is 0.636. The standard InChI is InChI=1S/C11H16N2OS/c1-4-5-6-7-9(14)11-10(8(2)3)12-13-15-11/h1,8-9,14H,5-7H2,2-3H3. The van der Waals surface area contributed by atoms with E-state index in [0.29, 0.717) is 18.8 Å². The maximum Gasteiger partial charge on any atom is 0.0917 e. The molecule has 3 nitrogen and oxygen atoms in total. The van der Waals surface area contributed by atoms with Gasteiger partial charge in [-0.25, -0.2) is 0 Å². The van der Waals surface area contributed by atoms with Crippen LogP contribution < -0.4 is 0 Å². The van der Waals surface area contributed by atoms with Gasteiger partial charge in [0, 0.05) is 6.42 Å². The summed E-state index contributed by atoms with van der Waals surface area (Å²) in [6, 6.07) is 0. The molecule has 1 aromatic rings. The van der Waals surface area contributed by atoms with E-state index in [0.717, 1.165) is 17.0 Å². The molecule has 15 heavy (non-hydrogen) atoms. The second kappa shape index (κ2) is 5.84. The molecule has 0 fully saturated rings. The number of aliphatic hydroxyl groups is 1. The van der Waals surface area contributed by atoms with Crippen LogP contribution in [0.15, 0.2) is 0 Å². The lowest BCUT2D eigenvalue weighted by molar-refractivity contribution is 0.167. The predicted molar refractivity (Wildman–Crippen MR) is 61.6 cm³/mol. The van der Waals surface area contributed by atoms with Crippen molar-refractivity contribution >= 4 is 11.5 Å². The molecule has 1 atom stereocenters. The minimum atomic E-state index is -0.462. The molecular weight excluding hydrogens is 208 g/mol. The molecule has 0 aliphatic carbocycles. The van der Waals surface area contributed by atoms with Gasteiger partial charge in [0.05, 0.1) is 16.7 Å². The van der Waals surface area contributed by atoms with E-state index in [4.69, 9.17) is 6.42 Å². The monoisotopic (exact) mass is 224 g/mol. The Labute approximate surface area is 94.7 Å². The van der Waals surface area contributed by atoms with Crippen LogP contribution in [-0.2, 0) is 0 Å². The fourth-order valence-electron chi connectivity index (χ4n) is 1.36. The zero-order valence-electron chi connectivity index (χ0n) is 9.10. The minimum Gasteiger partial charge on any atom is -0.387 e. The Morgan fingerprint density at radius 2 is 2.27 bits per heavy atom. The number of hydrogen-bond donors (Lipinski definition) is 1. The van der Waals surface area contributed by atoms with Crippen molar-refractivity contribution in [3.8, 4) is 12.3 Å². The van der Waals surface area contributed by atoms with Gasteiger partial charge in [-0.3, -0.25) is 0 Å². The van der Waals surface area contributed by atoms with Crippen molar-refractivity contribution in [2.45, 2.75) is 45.1 Å². The lowest BCUT2D eigenvalue weighted by Gasteiger charge is -2.10. The van der Waals surface area contributed by atoms with E-state index >= 15 is 0 Å². The van der Waals surface area contributed by atoms with Gasteiger partial charge in [-0.05, 0) is 30.3 Å². The highest BCUT2D eigenvalue weighted by Crippen LogP contribution is 2.28. The molecule has 1 aromatic heterocycles. The molecule has 0 aromatic carbocycles. The molecule has 0 saturated carbocycles. The van der Waals surface area contributed by atoms with Crippen LogP contribution in [0.3, 0.4) is 0 Å². The molecule has 0 amide bonds. The molecule has 4 heteroatoms. The summed E-state index contributed by atoms with van der Waals surface area (Å²) in [7, 11) is 0. The lowest BCUT2D eigenvalue weighted by Crippen LogP contribution is -2.00. The highest BCUT2D eigenvalue weighted by molar-refractivity contribution is 7.05. The summed E-state index contributed by atoms with van der Waals surface area (Å²) in [6.07, 6.45) is 6.93.